The molecule has 1 rings (SSSR count). The number of aliphatic imine (C=N–C) groups is 1. The largest absolute Gasteiger partial charge is 0.344 e. The molecule has 0 N–H and O–H groups in total. The molecule has 2 nitrogen and oxygen atoms in total. The number of hydrogen-bond donors (Lipinski definition) is 0. The molecular formula is C17H22N2. The molecule has 0 aliphatic rings. The maximum atomic E-state index is 4.07. The van der Waals surface area contributed by atoms with Crippen molar-refractivity contribution >= 4 is 18.1 Å². The Morgan fingerprint density at radius 3 is 2.68 bits per heavy atom. The standard InChI is InChI=1S/C17H22N2/c1-5-6-7-8-11-14-19(15(2)3)17-13-10-9-12-16(17)18-4/h5-10,12-13H,2,4,11,14H2,1,3H3/b6-5-,8-7-. The third-order valence-electron chi connectivity index (χ3n) is 2.76. The summed E-state index contributed by atoms with van der Waals surface area (Å²) in [4.78, 5) is 6.24. The molecule has 0 radical (unpaired) electrons. The minimum absolute atomic E-state index is 0.885. The van der Waals surface area contributed by atoms with E-state index >= 15 is 0 Å². The van der Waals surface area contributed by atoms with E-state index in [0.29, 0.717) is 0 Å². The number of rotatable bonds is 7. The van der Waals surface area contributed by atoms with Gasteiger partial charge >= 0.3 is 0 Å². The van der Waals surface area contributed by atoms with Gasteiger partial charge in [0.2, 0.25) is 0 Å². The first-order valence-electron chi connectivity index (χ1n) is 6.47. The molecule has 1 aromatic carbocycles. The Labute approximate surface area is 116 Å². The van der Waals surface area contributed by atoms with Crippen molar-refractivity contribution < 1.29 is 0 Å². The molecule has 0 spiro atoms. The van der Waals surface area contributed by atoms with Crippen molar-refractivity contribution in [3.63, 3.8) is 0 Å². The molecule has 0 saturated carbocycles. The van der Waals surface area contributed by atoms with Gasteiger partial charge in [0.05, 0.1) is 11.4 Å². The molecule has 0 aliphatic carbocycles. The van der Waals surface area contributed by atoms with Crippen molar-refractivity contribution in [2.24, 2.45) is 4.99 Å². The number of allylic oxidation sites excluding steroid dienone is 4. The van der Waals surface area contributed by atoms with E-state index in [-0.39, 0.29) is 0 Å². The summed E-state index contributed by atoms with van der Waals surface area (Å²) in [7, 11) is 0. The van der Waals surface area contributed by atoms with Gasteiger partial charge in [0.15, 0.2) is 0 Å². The lowest BCUT2D eigenvalue weighted by molar-refractivity contribution is 0.894. The van der Waals surface area contributed by atoms with E-state index in [9.17, 15) is 0 Å². The summed E-state index contributed by atoms with van der Waals surface area (Å²) in [6.45, 7) is 12.6. The average molecular weight is 254 g/mol. The van der Waals surface area contributed by atoms with Crippen molar-refractivity contribution in [2.45, 2.75) is 20.3 Å². The van der Waals surface area contributed by atoms with Crippen molar-refractivity contribution in [3.8, 4) is 0 Å². The molecule has 0 heterocycles. The predicted octanol–water partition coefficient (Wildman–Crippen LogP) is 4.88. The Morgan fingerprint density at radius 2 is 2.05 bits per heavy atom. The van der Waals surface area contributed by atoms with Crippen LogP contribution in [0.4, 0.5) is 11.4 Å². The zero-order valence-electron chi connectivity index (χ0n) is 11.8. The molecule has 0 fully saturated rings. The smallest absolute Gasteiger partial charge is 0.0859 e. The highest BCUT2D eigenvalue weighted by Crippen LogP contribution is 2.30. The maximum absolute atomic E-state index is 4.07. The number of para-hydroxylation sites is 2. The van der Waals surface area contributed by atoms with Gasteiger partial charge in [-0.25, -0.2) is 0 Å². The van der Waals surface area contributed by atoms with E-state index in [1.165, 1.54) is 0 Å². The van der Waals surface area contributed by atoms with E-state index in [0.717, 1.165) is 30.0 Å². The van der Waals surface area contributed by atoms with Crippen LogP contribution in [-0.4, -0.2) is 13.3 Å². The number of anilines is 1. The van der Waals surface area contributed by atoms with Crippen LogP contribution in [0.15, 0.2) is 65.8 Å². The molecule has 19 heavy (non-hydrogen) atoms. The summed E-state index contributed by atoms with van der Waals surface area (Å²) < 4.78 is 0. The van der Waals surface area contributed by atoms with Crippen LogP contribution >= 0.6 is 0 Å². The van der Waals surface area contributed by atoms with Crippen LogP contribution < -0.4 is 4.90 Å². The van der Waals surface area contributed by atoms with Gasteiger partial charge in [-0.3, -0.25) is 4.99 Å². The van der Waals surface area contributed by atoms with Crippen LogP contribution in [-0.2, 0) is 0 Å². The van der Waals surface area contributed by atoms with E-state index < -0.39 is 0 Å². The lowest BCUT2D eigenvalue weighted by Gasteiger charge is -2.25. The van der Waals surface area contributed by atoms with E-state index in [1.54, 1.807) is 0 Å². The number of nitrogens with zero attached hydrogens (tertiary/aromatic N) is 2. The second-order valence-corrected chi connectivity index (χ2v) is 4.28. The van der Waals surface area contributed by atoms with Crippen molar-refractivity contribution in [1.29, 1.82) is 0 Å². The van der Waals surface area contributed by atoms with Crippen LogP contribution in [0.2, 0.25) is 0 Å². The lowest BCUT2D eigenvalue weighted by Crippen LogP contribution is -2.21. The molecule has 0 unspecified atom stereocenters. The van der Waals surface area contributed by atoms with Crippen molar-refractivity contribution in [1.82, 2.24) is 0 Å². The summed E-state index contributed by atoms with van der Waals surface area (Å²) in [6, 6.07) is 7.99. The van der Waals surface area contributed by atoms with Gasteiger partial charge < -0.3 is 4.90 Å². The zero-order valence-corrected chi connectivity index (χ0v) is 11.8. The Kier molecular flexibility index (Phi) is 6.37. The summed E-state index contributed by atoms with van der Waals surface area (Å²) in [6.07, 6.45) is 9.23. The molecule has 0 aromatic heterocycles. The first-order valence-corrected chi connectivity index (χ1v) is 6.47. The van der Waals surface area contributed by atoms with E-state index in [4.69, 9.17) is 0 Å². The van der Waals surface area contributed by atoms with Gasteiger partial charge in [-0.05, 0) is 39.1 Å². The Bertz CT molecular complexity index is 484. The highest BCUT2D eigenvalue weighted by molar-refractivity contribution is 5.70. The predicted molar refractivity (Wildman–Crippen MR) is 86.4 cm³/mol. The Hall–Kier alpha value is -2.09. The lowest BCUT2D eigenvalue weighted by atomic mass is 10.2. The first-order chi connectivity index (χ1) is 9.20. The highest BCUT2D eigenvalue weighted by atomic mass is 15.1. The van der Waals surface area contributed by atoms with Gasteiger partial charge in [0.25, 0.3) is 0 Å². The molecule has 0 bridgehead atoms. The summed E-state index contributed by atoms with van der Waals surface area (Å²) in [5, 5.41) is 0. The van der Waals surface area contributed by atoms with Crippen LogP contribution in [0.5, 0.6) is 0 Å². The minimum atomic E-state index is 0.885. The topological polar surface area (TPSA) is 15.6 Å². The fourth-order valence-electron chi connectivity index (χ4n) is 1.83. The van der Waals surface area contributed by atoms with Crippen LogP contribution in [0.1, 0.15) is 20.3 Å². The van der Waals surface area contributed by atoms with Gasteiger partial charge in [0, 0.05) is 12.2 Å². The fourth-order valence-corrected chi connectivity index (χ4v) is 1.83. The van der Waals surface area contributed by atoms with E-state index in [1.807, 2.05) is 50.3 Å². The highest BCUT2D eigenvalue weighted by Gasteiger charge is 2.09. The average Bonchev–Trinajstić information content (AvgIpc) is 2.42. The third-order valence-corrected chi connectivity index (χ3v) is 2.76. The van der Waals surface area contributed by atoms with Crippen LogP contribution in [0, 0.1) is 0 Å². The normalized spacial score (nSPS) is 11.1. The van der Waals surface area contributed by atoms with Crippen molar-refractivity contribution in [2.75, 3.05) is 11.4 Å². The summed E-state index contributed by atoms with van der Waals surface area (Å²) in [5.41, 5.74) is 2.96. The van der Waals surface area contributed by atoms with Crippen LogP contribution in [0.25, 0.3) is 0 Å². The van der Waals surface area contributed by atoms with Crippen LogP contribution in [0.3, 0.4) is 0 Å². The molecular weight excluding hydrogens is 232 g/mol. The van der Waals surface area contributed by atoms with Crippen molar-refractivity contribution in [3.05, 3.63) is 60.8 Å². The van der Waals surface area contributed by atoms with E-state index in [2.05, 4.69) is 35.3 Å². The molecule has 100 valence electrons. The van der Waals surface area contributed by atoms with Gasteiger partial charge in [-0.2, -0.15) is 0 Å². The maximum Gasteiger partial charge on any atom is 0.0859 e. The minimum Gasteiger partial charge on any atom is -0.344 e. The van der Waals surface area contributed by atoms with Gasteiger partial charge in [-0.15, -0.1) is 0 Å². The zero-order chi connectivity index (χ0) is 14.1. The monoisotopic (exact) mass is 254 g/mol. The molecule has 0 aliphatic heterocycles. The van der Waals surface area contributed by atoms with Gasteiger partial charge in [-0.1, -0.05) is 43.0 Å². The molecule has 0 amide bonds. The quantitative estimate of drug-likeness (QED) is 0.500. The second-order valence-electron chi connectivity index (χ2n) is 4.28. The SMILES string of the molecule is C=Nc1ccccc1N(CC/C=C\C=C/C)C(=C)C. The number of benzene rings is 1. The fraction of sp³-hybridized carbons (Fsp3) is 0.235. The summed E-state index contributed by atoms with van der Waals surface area (Å²) >= 11 is 0. The third kappa shape index (κ3) is 4.59. The molecule has 2 heteroatoms. The molecule has 1 aromatic rings. The first kappa shape index (κ1) is 15.0. The molecule has 0 atom stereocenters. The number of hydrogen-bond acceptors (Lipinski definition) is 2. The van der Waals surface area contributed by atoms with Gasteiger partial charge in [0.1, 0.15) is 0 Å². The Morgan fingerprint density at radius 1 is 1.32 bits per heavy atom. The summed E-state index contributed by atoms with van der Waals surface area (Å²) in [5.74, 6) is 0. The molecule has 0 saturated heterocycles. The second kappa shape index (κ2) is 8.09. The Balaban J connectivity index is 2.83.